The standard InChI is InChI=1S/C14H12F3NO2/c15-14(16,17)8-18-12(13(19)20)11-7-3-5-9-4-1-2-6-10(9)11/h1-7,12,18H,8H2,(H,19,20). The number of carbonyl (C=O) groups is 1. The second kappa shape index (κ2) is 5.50. The second-order valence-electron chi connectivity index (χ2n) is 4.34. The molecule has 2 rings (SSSR count). The lowest BCUT2D eigenvalue weighted by Gasteiger charge is -2.18. The van der Waals surface area contributed by atoms with Crippen molar-refractivity contribution in [3.63, 3.8) is 0 Å². The van der Waals surface area contributed by atoms with Crippen LogP contribution in [0.15, 0.2) is 42.5 Å². The predicted molar refractivity (Wildman–Crippen MR) is 68.4 cm³/mol. The van der Waals surface area contributed by atoms with Gasteiger partial charge in [-0.25, -0.2) is 0 Å². The van der Waals surface area contributed by atoms with Gasteiger partial charge in [0.15, 0.2) is 0 Å². The van der Waals surface area contributed by atoms with Gasteiger partial charge in [0.2, 0.25) is 0 Å². The van der Waals surface area contributed by atoms with E-state index in [1.54, 1.807) is 36.4 Å². The first-order valence-electron chi connectivity index (χ1n) is 5.89. The molecule has 0 radical (unpaired) electrons. The van der Waals surface area contributed by atoms with E-state index in [9.17, 15) is 18.0 Å². The van der Waals surface area contributed by atoms with E-state index in [-0.39, 0.29) is 0 Å². The molecule has 0 saturated carbocycles. The van der Waals surface area contributed by atoms with Crippen molar-refractivity contribution in [2.24, 2.45) is 0 Å². The number of aliphatic carboxylic acids is 1. The summed E-state index contributed by atoms with van der Waals surface area (Å²) in [5, 5.41) is 12.6. The molecule has 106 valence electrons. The van der Waals surface area contributed by atoms with Crippen LogP contribution in [0.1, 0.15) is 11.6 Å². The van der Waals surface area contributed by atoms with Gasteiger partial charge in [0.1, 0.15) is 6.04 Å². The van der Waals surface area contributed by atoms with Crippen molar-refractivity contribution in [3.8, 4) is 0 Å². The van der Waals surface area contributed by atoms with Gasteiger partial charge < -0.3 is 5.11 Å². The third-order valence-electron chi connectivity index (χ3n) is 2.89. The molecule has 6 heteroatoms. The summed E-state index contributed by atoms with van der Waals surface area (Å²) in [5.74, 6) is -1.34. The second-order valence-corrected chi connectivity index (χ2v) is 4.34. The molecule has 1 atom stereocenters. The summed E-state index contributed by atoms with van der Waals surface area (Å²) < 4.78 is 36.8. The van der Waals surface area contributed by atoms with E-state index in [0.717, 1.165) is 5.39 Å². The highest BCUT2D eigenvalue weighted by Crippen LogP contribution is 2.25. The Morgan fingerprint density at radius 1 is 1.15 bits per heavy atom. The number of halogens is 3. The van der Waals surface area contributed by atoms with Crippen LogP contribution in [0.2, 0.25) is 0 Å². The summed E-state index contributed by atoms with van der Waals surface area (Å²) in [4.78, 5) is 11.2. The van der Waals surface area contributed by atoms with Crippen molar-refractivity contribution in [2.45, 2.75) is 12.2 Å². The van der Waals surface area contributed by atoms with Gasteiger partial charge in [-0.2, -0.15) is 13.2 Å². The Hall–Kier alpha value is -2.08. The van der Waals surface area contributed by atoms with Crippen LogP contribution < -0.4 is 5.32 Å². The maximum absolute atomic E-state index is 12.3. The fraction of sp³-hybridized carbons (Fsp3) is 0.214. The molecule has 2 aromatic rings. The first kappa shape index (κ1) is 14.3. The molecule has 0 aliphatic heterocycles. The van der Waals surface area contributed by atoms with Gasteiger partial charge in [0, 0.05) is 0 Å². The smallest absolute Gasteiger partial charge is 0.401 e. The Morgan fingerprint density at radius 2 is 1.80 bits per heavy atom. The topological polar surface area (TPSA) is 49.3 Å². The van der Waals surface area contributed by atoms with Crippen LogP contribution in [0.4, 0.5) is 13.2 Å². The zero-order valence-electron chi connectivity index (χ0n) is 10.3. The van der Waals surface area contributed by atoms with E-state index in [2.05, 4.69) is 0 Å². The molecule has 20 heavy (non-hydrogen) atoms. The maximum atomic E-state index is 12.3. The minimum absolute atomic E-state index is 0.319. The highest BCUT2D eigenvalue weighted by atomic mass is 19.4. The molecular weight excluding hydrogens is 271 g/mol. The minimum Gasteiger partial charge on any atom is -0.480 e. The van der Waals surface area contributed by atoms with E-state index in [0.29, 0.717) is 10.9 Å². The minimum atomic E-state index is -4.46. The number of benzene rings is 2. The van der Waals surface area contributed by atoms with Crippen LogP contribution in [-0.4, -0.2) is 23.8 Å². The number of alkyl halides is 3. The van der Waals surface area contributed by atoms with Crippen molar-refractivity contribution in [3.05, 3.63) is 48.0 Å². The van der Waals surface area contributed by atoms with Crippen LogP contribution in [0.3, 0.4) is 0 Å². The van der Waals surface area contributed by atoms with Crippen LogP contribution in [-0.2, 0) is 4.79 Å². The van der Waals surface area contributed by atoms with Gasteiger partial charge >= 0.3 is 12.1 Å². The first-order valence-corrected chi connectivity index (χ1v) is 5.89. The van der Waals surface area contributed by atoms with Crippen molar-refractivity contribution >= 4 is 16.7 Å². The summed E-state index contributed by atoms with van der Waals surface area (Å²) >= 11 is 0. The van der Waals surface area contributed by atoms with E-state index < -0.39 is 24.7 Å². The molecular formula is C14H12F3NO2. The summed E-state index contributed by atoms with van der Waals surface area (Å²) in [6, 6.07) is 10.5. The third kappa shape index (κ3) is 3.27. The fourth-order valence-electron chi connectivity index (χ4n) is 2.05. The number of carboxylic acids is 1. The third-order valence-corrected chi connectivity index (χ3v) is 2.89. The number of fused-ring (bicyclic) bond motifs is 1. The molecule has 0 fully saturated rings. The molecule has 0 bridgehead atoms. The van der Waals surface area contributed by atoms with Crippen molar-refractivity contribution < 1.29 is 23.1 Å². The van der Waals surface area contributed by atoms with Crippen LogP contribution >= 0.6 is 0 Å². The van der Waals surface area contributed by atoms with Gasteiger partial charge in [-0.15, -0.1) is 0 Å². The summed E-state index contributed by atoms with van der Waals surface area (Å²) in [7, 11) is 0. The van der Waals surface area contributed by atoms with Crippen molar-refractivity contribution in [2.75, 3.05) is 6.54 Å². The molecule has 1 unspecified atom stereocenters. The van der Waals surface area contributed by atoms with Gasteiger partial charge in [-0.1, -0.05) is 42.5 Å². The van der Waals surface area contributed by atoms with Crippen molar-refractivity contribution in [1.82, 2.24) is 5.32 Å². The predicted octanol–water partition coefficient (Wildman–Crippen LogP) is 3.12. The quantitative estimate of drug-likeness (QED) is 0.906. The molecule has 0 aromatic heterocycles. The number of carboxylic acid groups (broad SMARTS) is 1. The summed E-state index contributed by atoms with van der Waals surface area (Å²) in [6.45, 7) is -1.35. The Bertz CT molecular complexity index is 620. The van der Waals surface area contributed by atoms with E-state index in [4.69, 9.17) is 5.11 Å². The summed E-state index contributed by atoms with van der Waals surface area (Å²) in [6.07, 6.45) is -4.46. The lowest BCUT2D eigenvalue weighted by molar-refractivity contribution is -0.143. The molecule has 0 heterocycles. The normalized spacial score (nSPS) is 13.3. The van der Waals surface area contributed by atoms with Gasteiger partial charge in [-0.3, -0.25) is 10.1 Å². The van der Waals surface area contributed by atoms with E-state index >= 15 is 0 Å². The van der Waals surface area contributed by atoms with Gasteiger partial charge in [-0.05, 0) is 16.3 Å². The average molecular weight is 283 g/mol. The Balaban J connectivity index is 2.39. The fourth-order valence-corrected chi connectivity index (χ4v) is 2.05. The molecule has 2 aromatic carbocycles. The molecule has 0 aliphatic carbocycles. The number of hydrogen-bond acceptors (Lipinski definition) is 2. The lowest BCUT2D eigenvalue weighted by atomic mass is 9.99. The number of nitrogens with one attached hydrogen (secondary N) is 1. The Kier molecular flexibility index (Phi) is 3.94. The first-order chi connectivity index (χ1) is 9.38. The monoisotopic (exact) mass is 283 g/mol. The molecule has 3 nitrogen and oxygen atoms in total. The lowest BCUT2D eigenvalue weighted by Crippen LogP contribution is -2.36. The van der Waals surface area contributed by atoms with Gasteiger partial charge in [0.05, 0.1) is 6.54 Å². The molecule has 0 saturated heterocycles. The zero-order valence-corrected chi connectivity index (χ0v) is 10.3. The molecule has 2 N–H and O–H groups in total. The molecule has 0 amide bonds. The van der Waals surface area contributed by atoms with E-state index in [1.165, 1.54) is 6.07 Å². The highest BCUT2D eigenvalue weighted by molar-refractivity contribution is 5.90. The van der Waals surface area contributed by atoms with Gasteiger partial charge in [0.25, 0.3) is 0 Å². The largest absolute Gasteiger partial charge is 0.480 e. The Labute approximate surface area is 113 Å². The zero-order chi connectivity index (χ0) is 14.8. The number of rotatable bonds is 4. The van der Waals surface area contributed by atoms with E-state index in [1.807, 2.05) is 5.32 Å². The van der Waals surface area contributed by atoms with Crippen molar-refractivity contribution in [1.29, 1.82) is 0 Å². The maximum Gasteiger partial charge on any atom is 0.401 e. The highest BCUT2D eigenvalue weighted by Gasteiger charge is 2.31. The Morgan fingerprint density at radius 3 is 2.45 bits per heavy atom. The van der Waals surface area contributed by atoms with Crippen LogP contribution in [0, 0.1) is 0 Å². The molecule has 0 aliphatic rings. The average Bonchev–Trinajstić information content (AvgIpc) is 2.37. The SMILES string of the molecule is O=C(O)C(NCC(F)(F)F)c1cccc2ccccc12. The van der Waals surface area contributed by atoms with Crippen LogP contribution in [0.5, 0.6) is 0 Å². The summed E-state index contributed by atoms with van der Waals surface area (Å²) in [5.41, 5.74) is 0.319. The van der Waals surface area contributed by atoms with Crippen LogP contribution in [0.25, 0.3) is 10.8 Å². The molecule has 0 spiro atoms. The number of hydrogen-bond donors (Lipinski definition) is 2.